The van der Waals surface area contributed by atoms with Crippen LogP contribution in [-0.2, 0) is 10.2 Å². The van der Waals surface area contributed by atoms with Gasteiger partial charge < -0.3 is 10.0 Å². The van der Waals surface area contributed by atoms with Crippen molar-refractivity contribution in [1.29, 1.82) is 0 Å². The van der Waals surface area contributed by atoms with Crippen LogP contribution >= 0.6 is 0 Å². The second-order valence-electron chi connectivity index (χ2n) is 4.65. The average molecular weight is 235 g/mol. The van der Waals surface area contributed by atoms with Crippen LogP contribution < -0.4 is 4.90 Å². The van der Waals surface area contributed by atoms with Crippen molar-refractivity contribution in [2.45, 2.75) is 33.1 Å². The zero-order valence-electron chi connectivity index (χ0n) is 11.0. The van der Waals surface area contributed by atoms with Gasteiger partial charge in [0.25, 0.3) is 0 Å². The van der Waals surface area contributed by atoms with Gasteiger partial charge in [-0.1, -0.05) is 12.1 Å². The normalized spacial score (nSPS) is 11.3. The zero-order chi connectivity index (χ0) is 13.1. The number of nitrogens with zero attached hydrogens (tertiary/aromatic N) is 1. The maximum Gasteiger partial charge on any atom is 0.313 e. The van der Waals surface area contributed by atoms with Gasteiger partial charge in [0.2, 0.25) is 0 Å². The Bertz CT molecular complexity index is 378. The van der Waals surface area contributed by atoms with E-state index in [-0.39, 0.29) is 0 Å². The van der Waals surface area contributed by atoms with Crippen LogP contribution in [0.3, 0.4) is 0 Å². The van der Waals surface area contributed by atoms with Crippen molar-refractivity contribution in [2.24, 2.45) is 0 Å². The standard InChI is InChI=1S/C14H21NO2/c1-5-15(6-2)12-9-7-11(8-10-12)14(3,4)13(16)17/h7-10H,5-6H2,1-4H3,(H,16,17). The number of anilines is 1. The molecule has 1 aromatic carbocycles. The Kier molecular flexibility index (Phi) is 4.16. The number of carbonyl (C=O) groups is 1. The Morgan fingerprint density at radius 3 is 2.00 bits per heavy atom. The summed E-state index contributed by atoms with van der Waals surface area (Å²) in [6.45, 7) is 9.58. The van der Waals surface area contributed by atoms with Crippen molar-refractivity contribution in [1.82, 2.24) is 0 Å². The lowest BCUT2D eigenvalue weighted by Gasteiger charge is -2.24. The van der Waals surface area contributed by atoms with Gasteiger partial charge in [-0.25, -0.2) is 0 Å². The highest BCUT2D eigenvalue weighted by molar-refractivity contribution is 5.80. The van der Waals surface area contributed by atoms with E-state index in [2.05, 4.69) is 18.7 Å². The number of hydrogen-bond acceptors (Lipinski definition) is 2. The Hall–Kier alpha value is -1.51. The van der Waals surface area contributed by atoms with Crippen molar-refractivity contribution >= 4 is 11.7 Å². The Balaban J connectivity index is 2.99. The summed E-state index contributed by atoms with van der Waals surface area (Å²) in [4.78, 5) is 13.4. The largest absolute Gasteiger partial charge is 0.481 e. The van der Waals surface area contributed by atoms with Crippen molar-refractivity contribution in [3.63, 3.8) is 0 Å². The van der Waals surface area contributed by atoms with Crippen LogP contribution in [0.4, 0.5) is 5.69 Å². The number of rotatable bonds is 5. The average Bonchev–Trinajstić information content (AvgIpc) is 2.31. The molecule has 0 spiro atoms. The molecule has 0 aliphatic carbocycles. The predicted octanol–water partition coefficient (Wildman–Crippen LogP) is 2.90. The lowest BCUT2D eigenvalue weighted by atomic mass is 9.85. The molecule has 1 N–H and O–H groups in total. The fourth-order valence-corrected chi connectivity index (χ4v) is 1.80. The van der Waals surface area contributed by atoms with Gasteiger partial charge in [0.15, 0.2) is 0 Å². The van der Waals surface area contributed by atoms with Gasteiger partial charge in [-0.3, -0.25) is 4.79 Å². The zero-order valence-corrected chi connectivity index (χ0v) is 11.0. The molecule has 1 aromatic rings. The van der Waals surface area contributed by atoms with E-state index in [1.807, 2.05) is 24.3 Å². The number of carboxylic acid groups (broad SMARTS) is 1. The molecule has 0 unspecified atom stereocenters. The number of aliphatic carboxylic acids is 1. The first-order valence-corrected chi connectivity index (χ1v) is 6.02. The fraction of sp³-hybridized carbons (Fsp3) is 0.500. The molecule has 17 heavy (non-hydrogen) atoms. The van der Waals surface area contributed by atoms with E-state index < -0.39 is 11.4 Å². The van der Waals surface area contributed by atoms with Crippen molar-refractivity contribution in [3.8, 4) is 0 Å². The molecule has 0 saturated heterocycles. The Labute approximate surface area is 103 Å². The molecule has 0 aromatic heterocycles. The van der Waals surface area contributed by atoms with E-state index in [4.69, 9.17) is 5.11 Å². The minimum Gasteiger partial charge on any atom is -0.481 e. The Morgan fingerprint density at radius 1 is 1.18 bits per heavy atom. The monoisotopic (exact) mass is 235 g/mol. The summed E-state index contributed by atoms with van der Waals surface area (Å²) in [5, 5.41) is 9.16. The highest BCUT2D eigenvalue weighted by Crippen LogP contribution is 2.25. The maximum atomic E-state index is 11.1. The molecular weight excluding hydrogens is 214 g/mol. The van der Waals surface area contributed by atoms with E-state index >= 15 is 0 Å². The molecular formula is C14H21NO2. The molecule has 3 nitrogen and oxygen atoms in total. The van der Waals surface area contributed by atoms with Gasteiger partial charge >= 0.3 is 5.97 Å². The van der Waals surface area contributed by atoms with E-state index in [0.717, 1.165) is 24.3 Å². The fourth-order valence-electron chi connectivity index (χ4n) is 1.80. The first-order valence-electron chi connectivity index (χ1n) is 6.02. The van der Waals surface area contributed by atoms with Crippen LogP contribution in [0.15, 0.2) is 24.3 Å². The molecule has 0 atom stereocenters. The molecule has 0 fully saturated rings. The molecule has 0 saturated carbocycles. The molecule has 0 radical (unpaired) electrons. The smallest absolute Gasteiger partial charge is 0.313 e. The van der Waals surface area contributed by atoms with Gasteiger partial charge in [0, 0.05) is 18.8 Å². The molecule has 0 bridgehead atoms. The summed E-state index contributed by atoms with van der Waals surface area (Å²) in [5.41, 5.74) is 1.14. The summed E-state index contributed by atoms with van der Waals surface area (Å²) >= 11 is 0. The number of hydrogen-bond donors (Lipinski definition) is 1. The van der Waals surface area contributed by atoms with E-state index in [1.165, 1.54) is 0 Å². The minimum atomic E-state index is -0.832. The quantitative estimate of drug-likeness (QED) is 0.853. The SMILES string of the molecule is CCN(CC)c1ccc(C(C)(C)C(=O)O)cc1. The third-order valence-electron chi connectivity index (χ3n) is 3.25. The third kappa shape index (κ3) is 2.78. The molecule has 0 aliphatic heterocycles. The summed E-state index contributed by atoms with van der Waals surface area (Å²) in [5.74, 6) is -0.798. The first kappa shape index (κ1) is 13.6. The highest BCUT2D eigenvalue weighted by atomic mass is 16.4. The van der Waals surface area contributed by atoms with Crippen molar-refractivity contribution < 1.29 is 9.90 Å². The number of carboxylic acids is 1. The van der Waals surface area contributed by atoms with Gasteiger partial charge in [0.05, 0.1) is 5.41 Å². The van der Waals surface area contributed by atoms with Gasteiger partial charge in [-0.15, -0.1) is 0 Å². The van der Waals surface area contributed by atoms with E-state index in [9.17, 15) is 4.79 Å². The highest BCUT2D eigenvalue weighted by Gasteiger charge is 2.29. The molecule has 0 heterocycles. The van der Waals surface area contributed by atoms with Crippen LogP contribution in [0.2, 0.25) is 0 Å². The van der Waals surface area contributed by atoms with E-state index in [1.54, 1.807) is 13.8 Å². The van der Waals surface area contributed by atoms with Crippen LogP contribution in [0.25, 0.3) is 0 Å². The maximum absolute atomic E-state index is 11.1. The van der Waals surface area contributed by atoms with Crippen molar-refractivity contribution in [3.05, 3.63) is 29.8 Å². The predicted molar refractivity (Wildman–Crippen MR) is 70.7 cm³/mol. The summed E-state index contributed by atoms with van der Waals surface area (Å²) in [6, 6.07) is 7.80. The lowest BCUT2D eigenvalue weighted by Crippen LogP contribution is -2.28. The topological polar surface area (TPSA) is 40.5 Å². The van der Waals surface area contributed by atoms with Crippen LogP contribution in [0.1, 0.15) is 33.3 Å². The minimum absolute atomic E-state index is 0.798. The molecule has 0 amide bonds. The second-order valence-corrected chi connectivity index (χ2v) is 4.65. The van der Waals surface area contributed by atoms with E-state index in [0.29, 0.717) is 0 Å². The first-order chi connectivity index (χ1) is 7.93. The third-order valence-corrected chi connectivity index (χ3v) is 3.25. The lowest BCUT2D eigenvalue weighted by molar-refractivity contribution is -0.142. The van der Waals surface area contributed by atoms with Gasteiger partial charge in [-0.2, -0.15) is 0 Å². The molecule has 1 rings (SSSR count). The second kappa shape index (κ2) is 5.21. The molecule has 0 aliphatic rings. The summed E-state index contributed by atoms with van der Waals surface area (Å²) in [6.07, 6.45) is 0. The molecule has 3 heteroatoms. The van der Waals surface area contributed by atoms with Crippen LogP contribution in [0.5, 0.6) is 0 Å². The van der Waals surface area contributed by atoms with Crippen molar-refractivity contribution in [2.75, 3.05) is 18.0 Å². The van der Waals surface area contributed by atoms with Crippen LogP contribution in [-0.4, -0.2) is 24.2 Å². The van der Waals surface area contributed by atoms with Gasteiger partial charge in [-0.05, 0) is 45.4 Å². The molecule has 94 valence electrons. The van der Waals surface area contributed by atoms with Crippen LogP contribution in [0, 0.1) is 0 Å². The Morgan fingerprint density at radius 2 is 1.65 bits per heavy atom. The summed E-state index contributed by atoms with van der Waals surface area (Å²) in [7, 11) is 0. The summed E-state index contributed by atoms with van der Waals surface area (Å²) < 4.78 is 0. The van der Waals surface area contributed by atoms with Gasteiger partial charge in [0.1, 0.15) is 0 Å². The number of benzene rings is 1.